The molecule has 7 heteroatoms. The summed E-state index contributed by atoms with van der Waals surface area (Å²) in [6, 6.07) is 19.4. The number of ether oxygens (including phenoxy) is 1. The minimum atomic E-state index is -0.345. The molecule has 0 aliphatic rings. The molecule has 0 aliphatic carbocycles. The van der Waals surface area contributed by atoms with Crippen LogP contribution in [0.25, 0.3) is 17.1 Å². The molecule has 0 fully saturated rings. The number of carbonyl (C=O) groups excluding carboxylic acids is 1. The van der Waals surface area contributed by atoms with E-state index in [9.17, 15) is 4.79 Å². The van der Waals surface area contributed by atoms with Gasteiger partial charge in [0.2, 0.25) is 0 Å². The fraction of sp³-hybridized carbons (Fsp3) is 0.130. The van der Waals surface area contributed by atoms with Crippen LogP contribution in [0.2, 0.25) is 0 Å². The summed E-state index contributed by atoms with van der Waals surface area (Å²) in [5, 5.41) is 9.64. The van der Waals surface area contributed by atoms with Gasteiger partial charge in [-0.2, -0.15) is 0 Å². The molecule has 2 heterocycles. The Hall–Kier alpha value is -3.45. The van der Waals surface area contributed by atoms with Crippen molar-refractivity contribution >= 4 is 17.7 Å². The summed E-state index contributed by atoms with van der Waals surface area (Å²) in [7, 11) is 1.39. The normalized spacial score (nSPS) is 10.7. The van der Waals surface area contributed by atoms with Crippen LogP contribution in [0.1, 0.15) is 21.5 Å². The van der Waals surface area contributed by atoms with E-state index in [4.69, 9.17) is 4.74 Å². The molecule has 30 heavy (non-hydrogen) atoms. The van der Waals surface area contributed by atoms with Crippen molar-refractivity contribution in [1.82, 2.24) is 19.7 Å². The molecule has 0 unspecified atom stereocenters. The van der Waals surface area contributed by atoms with Gasteiger partial charge in [0.05, 0.1) is 18.4 Å². The number of esters is 1. The molecule has 4 rings (SSSR count). The van der Waals surface area contributed by atoms with E-state index in [-0.39, 0.29) is 5.97 Å². The number of thioether (sulfide) groups is 1. The molecule has 4 aromatic rings. The minimum Gasteiger partial charge on any atom is -0.465 e. The smallest absolute Gasteiger partial charge is 0.338 e. The Kier molecular flexibility index (Phi) is 5.90. The number of aryl methyl sites for hydroxylation is 1. The van der Waals surface area contributed by atoms with E-state index in [0.717, 1.165) is 33.4 Å². The Labute approximate surface area is 179 Å². The highest BCUT2D eigenvalue weighted by Crippen LogP contribution is 2.31. The fourth-order valence-electron chi connectivity index (χ4n) is 3.17. The molecule has 0 bridgehead atoms. The molecule has 0 atom stereocenters. The van der Waals surface area contributed by atoms with E-state index in [1.54, 1.807) is 18.5 Å². The van der Waals surface area contributed by atoms with E-state index < -0.39 is 0 Å². The number of nitrogens with zero attached hydrogens (tertiary/aromatic N) is 4. The van der Waals surface area contributed by atoms with Crippen molar-refractivity contribution in [3.05, 3.63) is 89.7 Å². The summed E-state index contributed by atoms with van der Waals surface area (Å²) >= 11 is 1.52. The van der Waals surface area contributed by atoms with Gasteiger partial charge in [-0.15, -0.1) is 10.2 Å². The zero-order valence-corrected chi connectivity index (χ0v) is 17.5. The topological polar surface area (TPSA) is 69.9 Å². The minimum absolute atomic E-state index is 0.345. The van der Waals surface area contributed by atoms with Crippen LogP contribution in [0.15, 0.2) is 78.2 Å². The second-order valence-corrected chi connectivity index (χ2v) is 7.55. The third kappa shape index (κ3) is 3.97. The molecule has 2 aromatic heterocycles. The number of para-hydroxylation sites is 1. The number of pyridine rings is 1. The molecule has 2 aromatic carbocycles. The highest BCUT2D eigenvalue weighted by Gasteiger charge is 2.19. The van der Waals surface area contributed by atoms with Crippen molar-refractivity contribution in [1.29, 1.82) is 0 Å². The van der Waals surface area contributed by atoms with Crippen LogP contribution >= 0.6 is 11.8 Å². The van der Waals surface area contributed by atoms with Crippen molar-refractivity contribution in [2.45, 2.75) is 17.8 Å². The van der Waals surface area contributed by atoms with Crippen LogP contribution in [0.5, 0.6) is 0 Å². The van der Waals surface area contributed by atoms with Gasteiger partial charge < -0.3 is 4.74 Å². The maximum absolute atomic E-state index is 12.1. The number of methoxy groups -OCH3 is 1. The number of hydrogen-bond donors (Lipinski definition) is 0. The molecule has 0 saturated heterocycles. The monoisotopic (exact) mass is 416 g/mol. The number of rotatable bonds is 6. The van der Waals surface area contributed by atoms with Crippen LogP contribution in [0.3, 0.4) is 0 Å². The first-order chi connectivity index (χ1) is 14.7. The van der Waals surface area contributed by atoms with Crippen molar-refractivity contribution in [3.63, 3.8) is 0 Å². The summed E-state index contributed by atoms with van der Waals surface area (Å²) in [5.41, 5.74) is 4.44. The lowest BCUT2D eigenvalue weighted by Crippen LogP contribution is -2.05. The second kappa shape index (κ2) is 8.92. The third-order valence-electron chi connectivity index (χ3n) is 4.69. The van der Waals surface area contributed by atoms with Gasteiger partial charge in [-0.05, 0) is 42.3 Å². The molecule has 0 saturated carbocycles. The molecule has 0 aliphatic heterocycles. The van der Waals surface area contributed by atoms with Crippen molar-refractivity contribution in [2.75, 3.05) is 7.11 Å². The van der Waals surface area contributed by atoms with E-state index in [2.05, 4.69) is 28.2 Å². The predicted molar refractivity (Wildman–Crippen MR) is 117 cm³/mol. The van der Waals surface area contributed by atoms with Crippen LogP contribution in [0.4, 0.5) is 0 Å². The lowest BCUT2D eigenvalue weighted by Gasteiger charge is -2.13. The molecular weight excluding hydrogens is 396 g/mol. The number of carbonyl (C=O) groups is 1. The summed E-state index contributed by atoms with van der Waals surface area (Å²) in [6.07, 6.45) is 3.51. The van der Waals surface area contributed by atoms with E-state index >= 15 is 0 Å². The van der Waals surface area contributed by atoms with Gasteiger partial charge in [0.15, 0.2) is 11.0 Å². The number of benzene rings is 2. The molecule has 0 N–H and O–H groups in total. The van der Waals surface area contributed by atoms with E-state index in [0.29, 0.717) is 11.3 Å². The van der Waals surface area contributed by atoms with Crippen molar-refractivity contribution in [2.24, 2.45) is 0 Å². The third-order valence-corrected chi connectivity index (χ3v) is 5.67. The SMILES string of the molecule is COC(=O)c1ccccc1CSc1nnc(-c2cccnc2)n1-c1ccccc1C. The Morgan fingerprint density at radius 1 is 1.03 bits per heavy atom. The largest absolute Gasteiger partial charge is 0.465 e. The first-order valence-electron chi connectivity index (χ1n) is 9.40. The molecule has 6 nitrogen and oxygen atoms in total. The maximum Gasteiger partial charge on any atom is 0.338 e. The van der Waals surface area contributed by atoms with Crippen molar-refractivity contribution < 1.29 is 9.53 Å². The maximum atomic E-state index is 12.1. The van der Waals surface area contributed by atoms with E-state index in [1.165, 1.54) is 18.9 Å². The molecular formula is C23H20N4O2S. The predicted octanol–water partition coefficient (Wildman–Crippen LogP) is 4.72. The zero-order valence-electron chi connectivity index (χ0n) is 16.6. The lowest BCUT2D eigenvalue weighted by atomic mass is 10.1. The van der Waals surface area contributed by atoms with Gasteiger partial charge in [-0.25, -0.2) is 4.79 Å². The quantitative estimate of drug-likeness (QED) is 0.335. The van der Waals surface area contributed by atoms with Crippen LogP contribution < -0.4 is 0 Å². The van der Waals surface area contributed by atoms with Gasteiger partial charge >= 0.3 is 5.97 Å². The van der Waals surface area contributed by atoms with Gasteiger partial charge in [-0.3, -0.25) is 9.55 Å². The fourth-order valence-corrected chi connectivity index (χ4v) is 4.12. The van der Waals surface area contributed by atoms with Crippen molar-refractivity contribution in [3.8, 4) is 17.1 Å². The van der Waals surface area contributed by atoms with E-state index in [1.807, 2.05) is 53.1 Å². The summed E-state index contributed by atoms with van der Waals surface area (Å²) < 4.78 is 6.95. The summed E-state index contributed by atoms with van der Waals surface area (Å²) in [6.45, 7) is 2.06. The highest BCUT2D eigenvalue weighted by atomic mass is 32.2. The van der Waals surface area contributed by atoms with Crippen LogP contribution in [-0.4, -0.2) is 32.8 Å². The zero-order chi connectivity index (χ0) is 20.9. The average molecular weight is 417 g/mol. The Balaban J connectivity index is 1.74. The van der Waals surface area contributed by atoms with Gasteiger partial charge in [-0.1, -0.05) is 48.2 Å². The second-order valence-electron chi connectivity index (χ2n) is 6.61. The first kappa shape index (κ1) is 19.8. The van der Waals surface area contributed by atoms with Gasteiger partial charge in [0.1, 0.15) is 0 Å². The van der Waals surface area contributed by atoms with Gasteiger partial charge in [0, 0.05) is 23.7 Å². The van der Waals surface area contributed by atoms with Crippen LogP contribution in [0, 0.1) is 6.92 Å². The Morgan fingerprint density at radius 3 is 2.60 bits per heavy atom. The molecule has 0 amide bonds. The molecule has 150 valence electrons. The first-order valence-corrected chi connectivity index (χ1v) is 10.4. The summed E-state index contributed by atoms with van der Waals surface area (Å²) in [5.74, 6) is 0.936. The standard InChI is InChI=1S/C23H20N4O2S/c1-16-8-3-6-12-20(16)27-21(17-10-7-13-24-14-17)25-26-23(27)30-15-18-9-4-5-11-19(18)22(28)29-2/h3-14H,15H2,1-2H3. The summed E-state index contributed by atoms with van der Waals surface area (Å²) in [4.78, 5) is 16.3. The highest BCUT2D eigenvalue weighted by molar-refractivity contribution is 7.98. The van der Waals surface area contributed by atoms with Crippen LogP contribution in [-0.2, 0) is 10.5 Å². The average Bonchev–Trinajstić information content (AvgIpc) is 3.22. The number of hydrogen-bond acceptors (Lipinski definition) is 6. The Morgan fingerprint density at radius 2 is 1.83 bits per heavy atom. The van der Waals surface area contributed by atoms with Gasteiger partial charge in [0.25, 0.3) is 0 Å². The molecule has 0 spiro atoms. The molecule has 0 radical (unpaired) electrons. The lowest BCUT2D eigenvalue weighted by molar-refractivity contribution is 0.0600. The Bertz CT molecular complexity index is 1170. The number of aromatic nitrogens is 4.